The molecule has 0 unspecified atom stereocenters. The Balaban J connectivity index is 1.48. The SMILES string of the molecule is Cn1cc(CN2CCC(O)(c3scnc3Br)CC2)c(-c2ccncc2)n1. The summed E-state index contributed by atoms with van der Waals surface area (Å²) < 4.78 is 2.63. The number of thiazole rings is 1. The summed E-state index contributed by atoms with van der Waals surface area (Å²) >= 11 is 4.97. The summed E-state index contributed by atoms with van der Waals surface area (Å²) in [5.41, 5.74) is 4.28. The number of likely N-dealkylation sites (tertiary alicyclic amines) is 1. The lowest BCUT2D eigenvalue weighted by atomic mass is 9.90. The zero-order valence-corrected chi connectivity index (χ0v) is 16.9. The van der Waals surface area contributed by atoms with Crippen LogP contribution in [0.3, 0.4) is 0 Å². The number of aromatic nitrogens is 4. The van der Waals surface area contributed by atoms with Crippen LogP contribution in [-0.2, 0) is 19.2 Å². The van der Waals surface area contributed by atoms with Gasteiger partial charge in [0.25, 0.3) is 0 Å². The Morgan fingerprint density at radius 2 is 2.00 bits per heavy atom. The molecule has 8 heteroatoms. The van der Waals surface area contributed by atoms with E-state index in [0.29, 0.717) is 12.8 Å². The number of halogens is 1. The third-order valence-corrected chi connectivity index (χ3v) is 6.77. The van der Waals surface area contributed by atoms with Crippen molar-refractivity contribution in [1.29, 1.82) is 0 Å². The Kier molecular flexibility index (Phi) is 4.92. The molecule has 0 aliphatic carbocycles. The zero-order valence-electron chi connectivity index (χ0n) is 14.5. The van der Waals surface area contributed by atoms with Crippen molar-refractivity contribution >= 4 is 27.3 Å². The topological polar surface area (TPSA) is 67.1 Å². The van der Waals surface area contributed by atoms with Crippen molar-refractivity contribution in [3.8, 4) is 11.3 Å². The molecule has 1 N–H and O–H groups in total. The highest BCUT2D eigenvalue weighted by Crippen LogP contribution is 2.39. The van der Waals surface area contributed by atoms with Gasteiger partial charge in [0.15, 0.2) is 0 Å². The maximum atomic E-state index is 11.0. The molecule has 0 amide bonds. The van der Waals surface area contributed by atoms with Crippen LogP contribution in [0.1, 0.15) is 23.3 Å². The highest BCUT2D eigenvalue weighted by atomic mass is 79.9. The van der Waals surface area contributed by atoms with Crippen molar-refractivity contribution in [1.82, 2.24) is 24.6 Å². The molecule has 0 saturated carbocycles. The van der Waals surface area contributed by atoms with Gasteiger partial charge in [-0.3, -0.25) is 14.6 Å². The maximum Gasteiger partial charge on any atom is 0.123 e. The Hall–Kier alpha value is -1.61. The van der Waals surface area contributed by atoms with E-state index in [9.17, 15) is 5.11 Å². The summed E-state index contributed by atoms with van der Waals surface area (Å²) in [7, 11) is 1.95. The lowest BCUT2D eigenvalue weighted by molar-refractivity contribution is -0.0254. The Morgan fingerprint density at radius 1 is 1.27 bits per heavy atom. The first-order chi connectivity index (χ1) is 12.5. The lowest BCUT2D eigenvalue weighted by Gasteiger charge is -2.37. The molecule has 6 nitrogen and oxygen atoms in total. The minimum atomic E-state index is -0.778. The van der Waals surface area contributed by atoms with Gasteiger partial charge in [-0.15, -0.1) is 11.3 Å². The van der Waals surface area contributed by atoms with Crippen LogP contribution in [-0.4, -0.2) is 42.8 Å². The second-order valence-electron chi connectivity index (χ2n) is 6.69. The van der Waals surface area contributed by atoms with Gasteiger partial charge in [-0.2, -0.15) is 5.10 Å². The van der Waals surface area contributed by atoms with E-state index < -0.39 is 5.60 Å². The van der Waals surface area contributed by atoms with Crippen molar-refractivity contribution in [3.05, 3.63) is 51.3 Å². The molecule has 1 fully saturated rings. The second-order valence-corrected chi connectivity index (χ2v) is 8.30. The molecule has 1 saturated heterocycles. The van der Waals surface area contributed by atoms with Crippen LogP contribution in [0.25, 0.3) is 11.3 Å². The fourth-order valence-electron chi connectivity index (χ4n) is 3.49. The van der Waals surface area contributed by atoms with Gasteiger partial charge in [-0.25, -0.2) is 4.98 Å². The minimum absolute atomic E-state index is 0.707. The quantitative estimate of drug-likeness (QED) is 0.683. The first-order valence-electron chi connectivity index (χ1n) is 8.52. The molecule has 26 heavy (non-hydrogen) atoms. The van der Waals surface area contributed by atoms with Gasteiger partial charge in [-0.05, 0) is 40.9 Å². The van der Waals surface area contributed by atoms with Gasteiger partial charge >= 0.3 is 0 Å². The smallest absolute Gasteiger partial charge is 0.123 e. The lowest BCUT2D eigenvalue weighted by Crippen LogP contribution is -2.42. The fraction of sp³-hybridized carbons (Fsp3) is 0.389. The summed E-state index contributed by atoms with van der Waals surface area (Å²) in [6.45, 7) is 2.50. The summed E-state index contributed by atoms with van der Waals surface area (Å²) in [4.78, 5) is 11.6. The predicted molar refractivity (Wildman–Crippen MR) is 105 cm³/mol. The number of hydrogen-bond donors (Lipinski definition) is 1. The molecule has 0 atom stereocenters. The van der Waals surface area contributed by atoms with E-state index in [2.05, 4.69) is 42.1 Å². The van der Waals surface area contributed by atoms with E-state index in [0.717, 1.165) is 40.4 Å². The summed E-state index contributed by atoms with van der Waals surface area (Å²) in [6.07, 6.45) is 7.08. The molecule has 1 aliphatic rings. The zero-order chi connectivity index (χ0) is 18.1. The van der Waals surface area contributed by atoms with E-state index in [1.807, 2.05) is 23.9 Å². The first-order valence-corrected chi connectivity index (χ1v) is 10.2. The van der Waals surface area contributed by atoms with Crippen LogP contribution in [0, 0.1) is 0 Å². The monoisotopic (exact) mass is 433 g/mol. The van der Waals surface area contributed by atoms with Crippen LogP contribution >= 0.6 is 27.3 Å². The average molecular weight is 434 g/mol. The van der Waals surface area contributed by atoms with Gasteiger partial charge in [0.1, 0.15) is 10.2 Å². The largest absolute Gasteiger partial charge is 0.384 e. The molecule has 4 heterocycles. The fourth-order valence-corrected chi connectivity index (χ4v) is 5.21. The highest BCUT2D eigenvalue weighted by molar-refractivity contribution is 9.10. The Bertz CT molecular complexity index is 886. The maximum absolute atomic E-state index is 11.0. The molecule has 3 aromatic heterocycles. The highest BCUT2D eigenvalue weighted by Gasteiger charge is 2.37. The predicted octanol–water partition coefficient (Wildman–Crippen LogP) is 3.18. The standard InChI is InChI=1S/C18H20BrN5OS/c1-23-10-14(15(22-23)13-2-6-20-7-3-13)11-24-8-4-18(25,5-9-24)16-17(19)21-12-26-16/h2-3,6-7,10,12,25H,4-5,8-9,11H2,1H3. The van der Waals surface area contributed by atoms with Gasteiger partial charge in [0, 0.05) is 56.4 Å². The van der Waals surface area contributed by atoms with Crippen molar-refractivity contribution in [2.75, 3.05) is 13.1 Å². The van der Waals surface area contributed by atoms with Gasteiger partial charge in [-0.1, -0.05) is 0 Å². The normalized spacial score (nSPS) is 17.5. The molecule has 136 valence electrons. The molecule has 0 spiro atoms. The number of aliphatic hydroxyl groups is 1. The van der Waals surface area contributed by atoms with E-state index in [-0.39, 0.29) is 0 Å². The number of nitrogens with zero attached hydrogens (tertiary/aromatic N) is 5. The van der Waals surface area contributed by atoms with Crippen molar-refractivity contribution in [3.63, 3.8) is 0 Å². The van der Waals surface area contributed by atoms with Crippen molar-refractivity contribution in [2.45, 2.75) is 25.0 Å². The van der Waals surface area contributed by atoms with E-state index in [1.54, 1.807) is 17.9 Å². The van der Waals surface area contributed by atoms with Crippen LogP contribution in [0.2, 0.25) is 0 Å². The number of rotatable bonds is 4. The van der Waals surface area contributed by atoms with Gasteiger partial charge in [0.2, 0.25) is 0 Å². The molecule has 1 aliphatic heterocycles. The summed E-state index contributed by atoms with van der Waals surface area (Å²) in [5.74, 6) is 0. The van der Waals surface area contributed by atoms with Crippen molar-refractivity contribution < 1.29 is 5.11 Å². The molecular weight excluding hydrogens is 414 g/mol. The van der Waals surface area contributed by atoms with Gasteiger partial charge < -0.3 is 5.11 Å². The molecule has 0 radical (unpaired) electrons. The number of hydrogen-bond acceptors (Lipinski definition) is 6. The third kappa shape index (κ3) is 3.46. The van der Waals surface area contributed by atoms with E-state index >= 15 is 0 Å². The first kappa shape index (κ1) is 17.8. The van der Waals surface area contributed by atoms with E-state index in [4.69, 9.17) is 0 Å². The molecule has 4 rings (SSSR count). The number of piperidine rings is 1. The number of aryl methyl sites for hydroxylation is 1. The van der Waals surface area contributed by atoms with E-state index in [1.165, 1.54) is 16.9 Å². The second kappa shape index (κ2) is 7.19. The minimum Gasteiger partial charge on any atom is -0.384 e. The molecule has 3 aromatic rings. The molecule has 0 aromatic carbocycles. The summed E-state index contributed by atoms with van der Waals surface area (Å²) in [6, 6.07) is 3.98. The van der Waals surface area contributed by atoms with Crippen molar-refractivity contribution in [2.24, 2.45) is 7.05 Å². The average Bonchev–Trinajstić information content (AvgIpc) is 3.24. The van der Waals surface area contributed by atoms with Crippen LogP contribution in [0.5, 0.6) is 0 Å². The Morgan fingerprint density at radius 3 is 2.65 bits per heavy atom. The van der Waals surface area contributed by atoms with Crippen LogP contribution in [0.15, 0.2) is 40.8 Å². The molecular formula is C18H20BrN5OS. The van der Waals surface area contributed by atoms with Crippen LogP contribution in [0.4, 0.5) is 0 Å². The van der Waals surface area contributed by atoms with Crippen LogP contribution < -0.4 is 0 Å². The Labute approximate surface area is 164 Å². The van der Waals surface area contributed by atoms with Gasteiger partial charge in [0.05, 0.1) is 16.1 Å². The number of pyridine rings is 1. The summed E-state index contributed by atoms with van der Waals surface area (Å²) in [5, 5.41) is 15.7. The molecule has 0 bridgehead atoms. The third-order valence-electron chi connectivity index (χ3n) is 4.88.